The van der Waals surface area contributed by atoms with Crippen molar-refractivity contribution < 1.29 is 4.74 Å². The van der Waals surface area contributed by atoms with E-state index in [0.29, 0.717) is 0 Å². The SMILES string of the molecule is C1=Cc2cc3c(cc2C1)[C@H]1C=C[C@@H]3O1. The van der Waals surface area contributed by atoms with Gasteiger partial charge in [0, 0.05) is 0 Å². The van der Waals surface area contributed by atoms with E-state index in [0.717, 1.165) is 6.42 Å². The van der Waals surface area contributed by atoms with E-state index in [2.05, 4.69) is 36.4 Å². The van der Waals surface area contributed by atoms with Gasteiger partial charge in [-0.1, -0.05) is 30.4 Å². The minimum Gasteiger partial charge on any atom is -0.357 e. The summed E-state index contributed by atoms with van der Waals surface area (Å²) in [6, 6.07) is 4.61. The molecule has 0 unspecified atom stereocenters. The molecular weight excluding hydrogens is 172 g/mol. The van der Waals surface area contributed by atoms with Gasteiger partial charge in [0.05, 0.1) is 0 Å². The quantitative estimate of drug-likeness (QED) is 0.560. The number of benzene rings is 1. The Bertz CT molecular complexity index is 482. The van der Waals surface area contributed by atoms with E-state index in [4.69, 9.17) is 4.74 Å². The molecule has 0 fully saturated rings. The molecule has 1 aromatic rings. The van der Waals surface area contributed by atoms with Crippen LogP contribution in [0, 0.1) is 0 Å². The fourth-order valence-electron chi connectivity index (χ4n) is 2.64. The Balaban J connectivity index is 2.00. The Morgan fingerprint density at radius 1 is 1.07 bits per heavy atom. The molecule has 0 amide bonds. The van der Waals surface area contributed by atoms with Crippen molar-refractivity contribution >= 4 is 6.08 Å². The largest absolute Gasteiger partial charge is 0.357 e. The van der Waals surface area contributed by atoms with Crippen molar-refractivity contribution in [1.29, 1.82) is 0 Å². The van der Waals surface area contributed by atoms with Crippen LogP contribution >= 0.6 is 0 Å². The van der Waals surface area contributed by atoms with Crippen LogP contribution in [0.3, 0.4) is 0 Å². The Morgan fingerprint density at radius 3 is 2.71 bits per heavy atom. The normalized spacial score (nSPS) is 29.7. The predicted octanol–water partition coefficient (Wildman–Crippen LogP) is 2.94. The van der Waals surface area contributed by atoms with E-state index in [-0.39, 0.29) is 12.2 Å². The average Bonchev–Trinajstić information content (AvgIpc) is 2.90. The summed E-state index contributed by atoms with van der Waals surface area (Å²) in [5, 5.41) is 0. The van der Waals surface area contributed by atoms with Gasteiger partial charge in [0.25, 0.3) is 0 Å². The van der Waals surface area contributed by atoms with Gasteiger partial charge in [-0.15, -0.1) is 0 Å². The van der Waals surface area contributed by atoms with Crippen molar-refractivity contribution in [3.05, 3.63) is 52.6 Å². The van der Waals surface area contributed by atoms with Gasteiger partial charge in [0.2, 0.25) is 0 Å². The zero-order chi connectivity index (χ0) is 9.12. The molecule has 2 bridgehead atoms. The van der Waals surface area contributed by atoms with Crippen molar-refractivity contribution in [2.75, 3.05) is 0 Å². The van der Waals surface area contributed by atoms with Gasteiger partial charge in [-0.05, 0) is 34.7 Å². The Morgan fingerprint density at radius 2 is 1.86 bits per heavy atom. The van der Waals surface area contributed by atoms with E-state index in [9.17, 15) is 0 Å². The summed E-state index contributed by atoms with van der Waals surface area (Å²) in [5.41, 5.74) is 5.60. The highest BCUT2D eigenvalue weighted by atomic mass is 16.5. The molecule has 1 heteroatoms. The molecule has 68 valence electrons. The molecule has 4 rings (SSSR count). The smallest absolute Gasteiger partial charge is 0.102 e. The fourth-order valence-corrected chi connectivity index (χ4v) is 2.64. The Kier molecular flexibility index (Phi) is 1.09. The van der Waals surface area contributed by atoms with Crippen molar-refractivity contribution in [1.82, 2.24) is 0 Å². The lowest BCUT2D eigenvalue weighted by Crippen LogP contribution is -1.95. The van der Waals surface area contributed by atoms with E-state index >= 15 is 0 Å². The molecule has 14 heavy (non-hydrogen) atoms. The first-order chi connectivity index (χ1) is 6.92. The molecule has 1 aromatic carbocycles. The molecule has 0 N–H and O–H groups in total. The van der Waals surface area contributed by atoms with Gasteiger partial charge in [-0.2, -0.15) is 0 Å². The van der Waals surface area contributed by atoms with Crippen LogP contribution in [-0.4, -0.2) is 0 Å². The summed E-state index contributed by atoms with van der Waals surface area (Å²) in [6.07, 6.45) is 10.3. The molecule has 0 radical (unpaired) electrons. The number of allylic oxidation sites excluding steroid dienone is 1. The highest BCUT2D eigenvalue weighted by Crippen LogP contribution is 2.47. The second kappa shape index (κ2) is 2.18. The van der Waals surface area contributed by atoms with E-state index in [1.807, 2.05) is 0 Å². The number of fused-ring (bicyclic) bond motifs is 6. The Labute approximate surface area is 82.7 Å². The van der Waals surface area contributed by atoms with Crippen LogP contribution in [0.1, 0.15) is 34.5 Å². The minimum atomic E-state index is 0.231. The van der Waals surface area contributed by atoms with Crippen LogP contribution < -0.4 is 0 Å². The second-order valence-corrected chi connectivity index (χ2v) is 4.15. The van der Waals surface area contributed by atoms with Gasteiger partial charge < -0.3 is 4.74 Å². The fraction of sp³-hybridized carbons (Fsp3) is 0.231. The van der Waals surface area contributed by atoms with E-state index in [1.54, 1.807) is 0 Å². The molecule has 2 aliphatic heterocycles. The van der Waals surface area contributed by atoms with Gasteiger partial charge in [0.1, 0.15) is 12.2 Å². The molecule has 1 nitrogen and oxygen atoms in total. The van der Waals surface area contributed by atoms with Gasteiger partial charge in [-0.3, -0.25) is 0 Å². The van der Waals surface area contributed by atoms with Gasteiger partial charge in [-0.25, -0.2) is 0 Å². The highest BCUT2D eigenvalue weighted by molar-refractivity contribution is 5.64. The van der Waals surface area contributed by atoms with Crippen LogP contribution in [0.25, 0.3) is 6.08 Å². The zero-order valence-electron chi connectivity index (χ0n) is 7.73. The Hall–Kier alpha value is -1.34. The maximum absolute atomic E-state index is 5.79. The summed E-state index contributed by atoms with van der Waals surface area (Å²) in [5.74, 6) is 0. The number of hydrogen-bond donors (Lipinski definition) is 0. The van der Waals surface area contributed by atoms with Gasteiger partial charge in [0.15, 0.2) is 0 Å². The first kappa shape index (κ1) is 7.02. The topological polar surface area (TPSA) is 9.23 Å². The van der Waals surface area contributed by atoms with E-state index < -0.39 is 0 Å². The number of ether oxygens (including phenoxy) is 1. The molecule has 0 saturated carbocycles. The molecule has 3 aliphatic rings. The standard InChI is InChI=1S/C13H10O/c1-2-8-6-10-11(7-9(8)3-1)13-5-4-12(10)14-13/h1-2,4-7,12-13H,3H2/t12-,13+/m0/s1. The first-order valence-corrected chi connectivity index (χ1v) is 5.09. The monoisotopic (exact) mass is 182 g/mol. The van der Waals surface area contributed by atoms with E-state index in [1.165, 1.54) is 22.3 Å². The molecule has 2 atom stereocenters. The van der Waals surface area contributed by atoms with Crippen LogP contribution in [0.15, 0.2) is 30.4 Å². The lowest BCUT2D eigenvalue weighted by Gasteiger charge is -2.09. The molecule has 0 aromatic heterocycles. The predicted molar refractivity (Wildman–Crippen MR) is 54.9 cm³/mol. The van der Waals surface area contributed by atoms with Crippen molar-refractivity contribution in [3.63, 3.8) is 0 Å². The number of rotatable bonds is 0. The van der Waals surface area contributed by atoms with Gasteiger partial charge >= 0.3 is 0 Å². The molecule has 0 spiro atoms. The summed E-state index contributed by atoms with van der Waals surface area (Å²) in [7, 11) is 0. The van der Waals surface area contributed by atoms with Crippen LogP contribution in [-0.2, 0) is 11.2 Å². The third-order valence-corrected chi connectivity index (χ3v) is 3.35. The first-order valence-electron chi connectivity index (χ1n) is 5.09. The maximum Gasteiger partial charge on any atom is 0.102 e. The maximum atomic E-state index is 5.79. The summed E-state index contributed by atoms with van der Waals surface area (Å²) >= 11 is 0. The summed E-state index contributed by atoms with van der Waals surface area (Å²) in [4.78, 5) is 0. The number of hydrogen-bond acceptors (Lipinski definition) is 1. The molecule has 2 heterocycles. The highest BCUT2D eigenvalue weighted by Gasteiger charge is 2.34. The minimum absolute atomic E-state index is 0.231. The van der Waals surface area contributed by atoms with Crippen molar-refractivity contribution in [2.24, 2.45) is 0 Å². The van der Waals surface area contributed by atoms with Crippen LogP contribution in [0.4, 0.5) is 0 Å². The molecular formula is C13H10O. The summed E-state index contributed by atoms with van der Waals surface area (Å²) in [6.45, 7) is 0. The molecule has 1 aliphatic carbocycles. The lowest BCUT2D eigenvalue weighted by molar-refractivity contribution is 0.0878. The second-order valence-electron chi connectivity index (χ2n) is 4.15. The third-order valence-electron chi connectivity index (χ3n) is 3.35. The van der Waals surface area contributed by atoms with Crippen molar-refractivity contribution in [2.45, 2.75) is 18.6 Å². The third kappa shape index (κ3) is 0.701. The molecule has 0 saturated heterocycles. The van der Waals surface area contributed by atoms with Crippen molar-refractivity contribution in [3.8, 4) is 0 Å². The summed E-state index contributed by atoms with van der Waals surface area (Å²) < 4.78 is 5.79. The average molecular weight is 182 g/mol. The van der Waals surface area contributed by atoms with Crippen LogP contribution in [0.5, 0.6) is 0 Å². The van der Waals surface area contributed by atoms with Crippen LogP contribution in [0.2, 0.25) is 0 Å². The lowest BCUT2D eigenvalue weighted by atomic mass is 9.92. The zero-order valence-corrected chi connectivity index (χ0v) is 7.73.